The molecule has 2 aromatic carbocycles. The lowest BCUT2D eigenvalue weighted by Gasteiger charge is -2.13. The fourth-order valence-electron chi connectivity index (χ4n) is 4.54. The van der Waals surface area contributed by atoms with Gasteiger partial charge in [-0.2, -0.15) is 13.2 Å². The molecular weight excluding hydrogens is 605 g/mol. The van der Waals surface area contributed by atoms with E-state index >= 15 is 0 Å². The van der Waals surface area contributed by atoms with E-state index in [0.29, 0.717) is 30.4 Å². The predicted molar refractivity (Wildman–Crippen MR) is 167 cm³/mol. The van der Waals surface area contributed by atoms with Crippen LogP contribution in [0.3, 0.4) is 0 Å². The van der Waals surface area contributed by atoms with Crippen molar-refractivity contribution in [3.8, 4) is 28.5 Å². The molecule has 3 aromatic heterocycles. The fraction of sp³-hybridized carbons (Fsp3) is 0.323. The highest BCUT2D eigenvalue weighted by atomic mass is 19.4. The topological polar surface area (TPSA) is 157 Å². The fourth-order valence-corrected chi connectivity index (χ4v) is 4.54. The molecule has 0 bridgehead atoms. The summed E-state index contributed by atoms with van der Waals surface area (Å²) in [6, 6.07) is 18.6. The summed E-state index contributed by atoms with van der Waals surface area (Å²) in [6.07, 6.45) is -1.40. The minimum atomic E-state index is -5.08. The van der Waals surface area contributed by atoms with E-state index in [0.717, 1.165) is 48.2 Å². The normalized spacial score (nSPS) is 11.3. The first-order valence-corrected chi connectivity index (χ1v) is 14.4. The molecule has 0 spiro atoms. The molecule has 3 heterocycles. The van der Waals surface area contributed by atoms with Gasteiger partial charge in [0.05, 0.1) is 18.5 Å². The van der Waals surface area contributed by atoms with Crippen LogP contribution in [0.4, 0.5) is 24.7 Å². The number of pyridine rings is 1. The van der Waals surface area contributed by atoms with E-state index in [1.165, 1.54) is 11.3 Å². The van der Waals surface area contributed by atoms with Gasteiger partial charge >= 0.3 is 12.1 Å². The number of alkyl halides is 3. The largest absolute Gasteiger partial charge is 0.490 e. The molecule has 244 valence electrons. The van der Waals surface area contributed by atoms with Gasteiger partial charge in [0.2, 0.25) is 0 Å². The van der Waals surface area contributed by atoms with Crippen molar-refractivity contribution >= 4 is 28.5 Å². The number of anilines is 2. The van der Waals surface area contributed by atoms with Gasteiger partial charge in [0.25, 0.3) is 0 Å². The summed E-state index contributed by atoms with van der Waals surface area (Å²) >= 11 is 0. The second-order valence-electron chi connectivity index (χ2n) is 10.3. The van der Waals surface area contributed by atoms with Crippen LogP contribution in [0, 0.1) is 0 Å². The lowest BCUT2D eigenvalue weighted by molar-refractivity contribution is -0.192. The average Bonchev–Trinajstić information content (AvgIpc) is 3.64. The lowest BCUT2D eigenvalue weighted by Crippen LogP contribution is -2.21. The number of fused-ring (bicyclic) bond motifs is 1. The first-order chi connectivity index (χ1) is 22.0. The van der Waals surface area contributed by atoms with Gasteiger partial charge in [0, 0.05) is 38.4 Å². The van der Waals surface area contributed by atoms with Gasteiger partial charge in [-0.3, -0.25) is 0 Å². The number of nitrogens with zero attached hydrogens (tertiary/aromatic N) is 6. The first-order valence-electron chi connectivity index (χ1n) is 14.4. The number of imidazole rings is 1. The molecule has 0 atom stereocenters. The van der Waals surface area contributed by atoms with Crippen molar-refractivity contribution in [1.82, 2.24) is 30.2 Å². The Hall–Kier alpha value is -5.18. The number of aryl methyl sites for hydroxylation is 1. The number of aliphatic carboxylic acids is 1. The van der Waals surface area contributed by atoms with Crippen LogP contribution in [0.5, 0.6) is 5.75 Å². The van der Waals surface area contributed by atoms with Crippen LogP contribution in [-0.4, -0.2) is 69.3 Å². The second-order valence-corrected chi connectivity index (χ2v) is 10.3. The first kappa shape index (κ1) is 33.7. The Labute approximate surface area is 263 Å². The van der Waals surface area contributed by atoms with Gasteiger partial charge < -0.3 is 30.4 Å². The molecule has 0 amide bonds. The van der Waals surface area contributed by atoms with E-state index in [1.807, 2.05) is 55.9 Å². The maximum absolute atomic E-state index is 10.6. The summed E-state index contributed by atoms with van der Waals surface area (Å²) in [5, 5.41) is 18.4. The van der Waals surface area contributed by atoms with Crippen molar-refractivity contribution in [2.24, 2.45) is 0 Å². The zero-order valence-corrected chi connectivity index (χ0v) is 25.6. The van der Waals surface area contributed by atoms with Crippen molar-refractivity contribution in [1.29, 1.82) is 0 Å². The molecule has 0 aliphatic rings. The van der Waals surface area contributed by atoms with Crippen LogP contribution in [0.15, 0.2) is 65.4 Å². The van der Waals surface area contributed by atoms with E-state index in [2.05, 4.69) is 44.8 Å². The van der Waals surface area contributed by atoms with Crippen LogP contribution in [0.1, 0.15) is 25.3 Å². The summed E-state index contributed by atoms with van der Waals surface area (Å²) in [7, 11) is 4.10. The molecule has 0 fully saturated rings. The van der Waals surface area contributed by atoms with Crippen LogP contribution in [0.2, 0.25) is 0 Å². The number of carbonyl (C=O) groups is 1. The molecule has 0 unspecified atom stereocenters. The molecule has 0 saturated heterocycles. The van der Waals surface area contributed by atoms with Crippen molar-refractivity contribution in [3.05, 3.63) is 66.4 Å². The van der Waals surface area contributed by atoms with Gasteiger partial charge in [0.15, 0.2) is 23.1 Å². The standard InChI is InChI=1S/C29H34N8O2.C2HF3O2/c1-4-37-27-23(38-17-9-8-16-31-18-20-12-14-22(15-13-20)36(2)3)19-32-24(21-10-6-5-7-11-21)25(27)33-29(37)26-28(30)35-39-34-26;3-2(4,5)1(6)7/h5-7,10-15,19,31H,4,8-9,16-18H2,1-3H3,(H2,30,35);(H,6,7). The number of hydrogen-bond donors (Lipinski definition) is 3. The van der Waals surface area contributed by atoms with Crippen LogP contribution in [-0.2, 0) is 17.9 Å². The van der Waals surface area contributed by atoms with Gasteiger partial charge in [-0.15, -0.1) is 0 Å². The number of benzene rings is 2. The molecule has 5 aromatic rings. The van der Waals surface area contributed by atoms with Gasteiger partial charge in [-0.05, 0) is 54.3 Å². The Bertz CT molecular complexity index is 1720. The summed E-state index contributed by atoms with van der Waals surface area (Å²) in [5.74, 6) is -1.32. The Balaban J connectivity index is 0.000000617. The molecule has 0 saturated carbocycles. The Kier molecular flexibility index (Phi) is 11.1. The summed E-state index contributed by atoms with van der Waals surface area (Å²) in [4.78, 5) is 20.6. The second kappa shape index (κ2) is 15.2. The smallest absolute Gasteiger partial charge is 0.490 e. The number of ether oxygens (including phenoxy) is 1. The molecule has 0 radical (unpaired) electrons. The van der Waals surface area contributed by atoms with Crippen LogP contribution >= 0.6 is 0 Å². The Morgan fingerprint density at radius 1 is 1.07 bits per heavy atom. The van der Waals surface area contributed by atoms with Gasteiger partial charge in [-0.25, -0.2) is 19.4 Å². The van der Waals surface area contributed by atoms with E-state index in [9.17, 15) is 13.2 Å². The summed E-state index contributed by atoms with van der Waals surface area (Å²) < 4.78 is 44.9. The third-order valence-corrected chi connectivity index (χ3v) is 6.86. The van der Waals surface area contributed by atoms with E-state index in [-0.39, 0.29) is 5.82 Å². The number of nitrogen functional groups attached to an aromatic ring is 1. The van der Waals surface area contributed by atoms with Crippen LogP contribution < -0.4 is 20.7 Å². The molecular formula is C31H35F3N8O4. The molecule has 15 heteroatoms. The highest BCUT2D eigenvalue weighted by molar-refractivity contribution is 5.95. The van der Waals surface area contributed by atoms with Gasteiger partial charge in [0.1, 0.15) is 11.0 Å². The number of carboxylic acids is 1. The number of rotatable bonds is 12. The van der Waals surface area contributed by atoms with Crippen molar-refractivity contribution in [3.63, 3.8) is 0 Å². The number of hydrogen-bond acceptors (Lipinski definition) is 10. The highest BCUT2D eigenvalue weighted by Gasteiger charge is 2.38. The van der Waals surface area contributed by atoms with Crippen molar-refractivity contribution in [2.45, 2.75) is 39.0 Å². The number of nitrogens with two attached hydrogens (primary N) is 1. The average molecular weight is 641 g/mol. The van der Waals surface area contributed by atoms with E-state index < -0.39 is 12.1 Å². The molecule has 46 heavy (non-hydrogen) atoms. The minimum Gasteiger partial charge on any atom is -0.490 e. The maximum Gasteiger partial charge on any atom is 0.490 e. The maximum atomic E-state index is 10.6. The zero-order chi connectivity index (χ0) is 33.3. The molecule has 12 nitrogen and oxygen atoms in total. The molecule has 5 rings (SSSR count). The highest BCUT2D eigenvalue weighted by Crippen LogP contribution is 2.36. The van der Waals surface area contributed by atoms with E-state index in [4.69, 9.17) is 35.0 Å². The number of halogens is 3. The molecule has 0 aliphatic carbocycles. The Morgan fingerprint density at radius 3 is 2.35 bits per heavy atom. The number of nitrogens with one attached hydrogen (secondary N) is 1. The van der Waals surface area contributed by atoms with Crippen molar-refractivity contribution in [2.75, 3.05) is 37.9 Å². The Morgan fingerprint density at radius 2 is 1.76 bits per heavy atom. The number of unbranched alkanes of at least 4 members (excludes halogenated alkanes) is 1. The number of aromatic nitrogens is 5. The molecule has 4 N–H and O–H groups in total. The predicted octanol–water partition coefficient (Wildman–Crippen LogP) is 5.40. The van der Waals surface area contributed by atoms with Crippen molar-refractivity contribution < 1.29 is 32.4 Å². The van der Waals surface area contributed by atoms with Crippen LogP contribution in [0.25, 0.3) is 33.8 Å². The van der Waals surface area contributed by atoms with E-state index in [1.54, 1.807) is 6.20 Å². The third-order valence-electron chi connectivity index (χ3n) is 6.86. The monoisotopic (exact) mass is 640 g/mol. The van der Waals surface area contributed by atoms with Gasteiger partial charge in [-0.1, -0.05) is 42.5 Å². The SMILES string of the molecule is CCn1c(-c2nonc2N)nc2c(-c3ccccc3)ncc(OCCCCNCc3ccc(N(C)C)cc3)c21.O=C(O)C(F)(F)F. The lowest BCUT2D eigenvalue weighted by atomic mass is 10.1. The zero-order valence-electron chi connectivity index (χ0n) is 25.6. The summed E-state index contributed by atoms with van der Waals surface area (Å²) in [5.41, 5.74) is 12.2. The number of carboxylic acid groups (broad SMARTS) is 1. The third kappa shape index (κ3) is 8.29. The quantitative estimate of drug-likeness (QED) is 0.150. The summed E-state index contributed by atoms with van der Waals surface area (Å²) in [6.45, 7) is 5.00. The molecule has 0 aliphatic heterocycles. The minimum absolute atomic E-state index is 0.192.